The lowest BCUT2D eigenvalue weighted by molar-refractivity contribution is 0.0493. The molecule has 5 nitrogen and oxygen atoms in total. The molecule has 0 radical (unpaired) electrons. The molecule has 3 aromatic heterocycles. The Bertz CT molecular complexity index is 818. The summed E-state index contributed by atoms with van der Waals surface area (Å²) in [6.07, 6.45) is 6.63. The van der Waals surface area contributed by atoms with Gasteiger partial charge in [0.25, 0.3) is 0 Å². The summed E-state index contributed by atoms with van der Waals surface area (Å²) in [6.45, 7) is 5.20. The number of rotatable bonds is 7. The van der Waals surface area contributed by atoms with Gasteiger partial charge in [-0.2, -0.15) is 11.3 Å². The number of thiophene rings is 1. The van der Waals surface area contributed by atoms with Crippen LogP contribution in [0.15, 0.2) is 59.7 Å². The number of hydrogen-bond donors (Lipinski definition) is 1. The van der Waals surface area contributed by atoms with Crippen LogP contribution in [0.1, 0.15) is 17.7 Å². The van der Waals surface area contributed by atoms with Gasteiger partial charge in [0.05, 0.1) is 11.9 Å². The van der Waals surface area contributed by atoms with Crippen molar-refractivity contribution < 1.29 is 5.11 Å². The second-order valence-corrected chi connectivity index (χ2v) is 7.86. The Hall–Kier alpha value is -1.99. The van der Waals surface area contributed by atoms with Gasteiger partial charge in [0.1, 0.15) is 0 Å². The quantitative estimate of drug-likeness (QED) is 0.682. The summed E-state index contributed by atoms with van der Waals surface area (Å²) < 4.78 is 2.21. The van der Waals surface area contributed by atoms with Gasteiger partial charge >= 0.3 is 0 Å². The lowest BCUT2D eigenvalue weighted by Crippen LogP contribution is -2.52. The van der Waals surface area contributed by atoms with Crippen molar-refractivity contribution in [2.24, 2.45) is 0 Å². The molecule has 1 atom stereocenters. The third kappa shape index (κ3) is 4.47. The Labute approximate surface area is 164 Å². The van der Waals surface area contributed by atoms with Crippen molar-refractivity contribution in [3.05, 3.63) is 70.9 Å². The van der Waals surface area contributed by atoms with Crippen molar-refractivity contribution in [2.45, 2.75) is 25.6 Å². The Morgan fingerprint density at radius 3 is 2.89 bits per heavy atom. The highest BCUT2D eigenvalue weighted by molar-refractivity contribution is 7.07. The van der Waals surface area contributed by atoms with E-state index in [9.17, 15) is 5.11 Å². The second kappa shape index (κ2) is 8.80. The fourth-order valence-corrected chi connectivity index (χ4v) is 4.53. The first-order valence-corrected chi connectivity index (χ1v) is 10.4. The summed E-state index contributed by atoms with van der Waals surface area (Å²) >= 11 is 1.75. The predicted molar refractivity (Wildman–Crippen MR) is 109 cm³/mol. The van der Waals surface area contributed by atoms with E-state index in [1.165, 1.54) is 11.3 Å². The van der Waals surface area contributed by atoms with Crippen LogP contribution in [0.4, 0.5) is 0 Å². The van der Waals surface area contributed by atoms with Crippen molar-refractivity contribution in [3.8, 4) is 5.69 Å². The molecule has 1 saturated heterocycles. The van der Waals surface area contributed by atoms with Crippen LogP contribution in [0.5, 0.6) is 0 Å². The van der Waals surface area contributed by atoms with Gasteiger partial charge in [-0.3, -0.25) is 14.8 Å². The molecule has 1 fully saturated rings. The van der Waals surface area contributed by atoms with Crippen molar-refractivity contribution in [3.63, 3.8) is 0 Å². The molecule has 0 unspecified atom stereocenters. The topological polar surface area (TPSA) is 44.5 Å². The first-order chi connectivity index (χ1) is 13.3. The van der Waals surface area contributed by atoms with Gasteiger partial charge in [0.2, 0.25) is 0 Å². The Kier molecular flexibility index (Phi) is 5.99. The van der Waals surface area contributed by atoms with Crippen molar-refractivity contribution in [2.75, 3.05) is 26.2 Å². The average molecular weight is 383 g/mol. The summed E-state index contributed by atoms with van der Waals surface area (Å²) in [4.78, 5) is 9.27. The molecule has 4 rings (SSSR count). The number of aliphatic hydroxyl groups excluding tert-OH is 1. The van der Waals surface area contributed by atoms with Gasteiger partial charge in [0.15, 0.2) is 0 Å². The van der Waals surface area contributed by atoms with Gasteiger partial charge < -0.3 is 9.67 Å². The van der Waals surface area contributed by atoms with Crippen molar-refractivity contribution >= 4 is 11.3 Å². The van der Waals surface area contributed by atoms with E-state index < -0.39 is 0 Å². The highest BCUT2D eigenvalue weighted by Gasteiger charge is 2.27. The number of piperazine rings is 1. The molecular weight excluding hydrogens is 356 g/mol. The fraction of sp³-hybridized carbons (Fsp3) is 0.381. The van der Waals surface area contributed by atoms with Crippen LogP contribution < -0.4 is 0 Å². The van der Waals surface area contributed by atoms with E-state index in [1.807, 2.05) is 12.3 Å². The van der Waals surface area contributed by atoms with Gasteiger partial charge in [-0.25, -0.2) is 0 Å². The lowest BCUT2D eigenvalue weighted by Gasteiger charge is -2.41. The molecule has 1 N–H and O–H groups in total. The first kappa shape index (κ1) is 18.4. The molecule has 3 aromatic rings. The van der Waals surface area contributed by atoms with Gasteiger partial charge in [0, 0.05) is 63.5 Å². The van der Waals surface area contributed by atoms with Crippen LogP contribution in [0, 0.1) is 0 Å². The lowest BCUT2D eigenvalue weighted by atomic mass is 10.1. The zero-order valence-corrected chi connectivity index (χ0v) is 16.3. The SMILES string of the molecule is OCC[C@H]1CN(Cc2cccn2-c2cccnc2)CCN1Cc1ccsc1. The number of hydrogen-bond acceptors (Lipinski definition) is 5. The van der Waals surface area contributed by atoms with E-state index >= 15 is 0 Å². The molecular formula is C21H26N4OS. The summed E-state index contributed by atoms with van der Waals surface area (Å²) in [7, 11) is 0. The van der Waals surface area contributed by atoms with Gasteiger partial charge in [-0.1, -0.05) is 0 Å². The zero-order chi connectivity index (χ0) is 18.5. The maximum atomic E-state index is 9.54. The van der Waals surface area contributed by atoms with Crippen LogP contribution in [0.3, 0.4) is 0 Å². The smallest absolute Gasteiger partial charge is 0.0636 e. The van der Waals surface area contributed by atoms with Crippen LogP contribution in [-0.2, 0) is 13.1 Å². The normalized spacial score (nSPS) is 18.8. The van der Waals surface area contributed by atoms with E-state index in [2.05, 4.69) is 60.6 Å². The summed E-state index contributed by atoms with van der Waals surface area (Å²) in [5.41, 5.74) is 3.75. The largest absolute Gasteiger partial charge is 0.396 e. The Balaban J connectivity index is 1.43. The monoisotopic (exact) mass is 382 g/mol. The van der Waals surface area contributed by atoms with Gasteiger partial charge in [-0.15, -0.1) is 0 Å². The van der Waals surface area contributed by atoms with E-state index in [0.29, 0.717) is 6.04 Å². The number of pyridine rings is 1. The molecule has 0 saturated carbocycles. The van der Waals surface area contributed by atoms with E-state index in [1.54, 1.807) is 17.5 Å². The van der Waals surface area contributed by atoms with Crippen LogP contribution in [0.25, 0.3) is 5.69 Å². The molecule has 6 heteroatoms. The molecule has 142 valence electrons. The molecule has 0 spiro atoms. The number of nitrogens with zero attached hydrogens (tertiary/aromatic N) is 4. The highest BCUT2D eigenvalue weighted by Crippen LogP contribution is 2.20. The fourth-order valence-electron chi connectivity index (χ4n) is 3.87. The first-order valence-electron chi connectivity index (χ1n) is 9.48. The van der Waals surface area contributed by atoms with Crippen molar-refractivity contribution in [1.82, 2.24) is 19.4 Å². The molecule has 0 bridgehead atoms. The zero-order valence-electron chi connectivity index (χ0n) is 15.4. The standard InChI is InChI=1S/C21H26N4OS/c26-11-5-20-15-23(9-10-24(20)14-18-6-12-27-17-18)16-21-4-2-8-25(21)19-3-1-7-22-13-19/h1-4,6-8,12-13,17,20,26H,5,9-11,14-16H2/t20-/m0/s1. The Morgan fingerprint density at radius 2 is 2.11 bits per heavy atom. The minimum absolute atomic E-state index is 0.241. The van der Waals surface area contributed by atoms with Crippen LogP contribution in [-0.4, -0.2) is 56.7 Å². The second-order valence-electron chi connectivity index (χ2n) is 7.08. The average Bonchev–Trinajstić information content (AvgIpc) is 3.37. The molecule has 0 amide bonds. The molecule has 4 heterocycles. The number of aromatic nitrogens is 2. The summed E-state index contributed by atoms with van der Waals surface area (Å²) in [5.74, 6) is 0. The molecule has 1 aliphatic rings. The number of aliphatic hydroxyl groups is 1. The molecule has 27 heavy (non-hydrogen) atoms. The van der Waals surface area contributed by atoms with Crippen LogP contribution >= 0.6 is 11.3 Å². The predicted octanol–water partition coefficient (Wildman–Crippen LogP) is 3.00. The van der Waals surface area contributed by atoms with Gasteiger partial charge in [-0.05, 0) is 53.1 Å². The van der Waals surface area contributed by atoms with Crippen LogP contribution in [0.2, 0.25) is 0 Å². The van der Waals surface area contributed by atoms with E-state index in [4.69, 9.17) is 0 Å². The third-order valence-electron chi connectivity index (χ3n) is 5.26. The van der Waals surface area contributed by atoms with E-state index in [-0.39, 0.29) is 6.61 Å². The maximum absolute atomic E-state index is 9.54. The van der Waals surface area contributed by atoms with E-state index in [0.717, 1.165) is 44.8 Å². The third-order valence-corrected chi connectivity index (χ3v) is 5.99. The molecule has 1 aliphatic heterocycles. The Morgan fingerprint density at radius 1 is 1.15 bits per heavy atom. The molecule has 0 aromatic carbocycles. The summed E-state index contributed by atoms with van der Waals surface area (Å²) in [6, 6.07) is 10.9. The van der Waals surface area contributed by atoms with Crippen molar-refractivity contribution in [1.29, 1.82) is 0 Å². The minimum Gasteiger partial charge on any atom is -0.396 e. The summed E-state index contributed by atoms with van der Waals surface area (Å²) in [5, 5.41) is 13.9. The highest BCUT2D eigenvalue weighted by atomic mass is 32.1. The maximum Gasteiger partial charge on any atom is 0.0636 e. The molecule has 0 aliphatic carbocycles. The minimum atomic E-state index is 0.241.